The third-order valence-corrected chi connectivity index (χ3v) is 3.13. The van der Waals surface area contributed by atoms with Gasteiger partial charge in [-0.1, -0.05) is 17.7 Å². The summed E-state index contributed by atoms with van der Waals surface area (Å²) in [6.45, 7) is 1.83. The summed E-state index contributed by atoms with van der Waals surface area (Å²) in [5, 5.41) is 17.6. The lowest BCUT2D eigenvalue weighted by Gasteiger charge is -2.24. The first-order chi connectivity index (χ1) is 8.18. The van der Waals surface area contributed by atoms with Crippen molar-refractivity contribution in [3.8, 4) is 0 Å². The molecule has 17 heavy (non-hydrogen) atoms. The molecule has 0 spiro atoms. The van der Waals surface area contributed by atoms with E-state index < -0.39 is 4.92 Å². The fourth-order valence-corrected chi connectivity index (χ4v) is 2.26. The lowest BCUT2D eigenvalue weighted by atomic mass is 10.1. The smallest absolute Gasteiger partial charge is 0.310 e. The molecule has 1 atom stereocenters. The second kappa shape index (κ2) is 5.33. The number of anilines is 1. The van der Waals surface area contributed by atoms with Crippen molar-refractivity contribution in [3.05, 3.63) is 33.3 Å². The number of nitrogens with one attached hydrogen (secondary N) is 2. The van der Waals surface area contributed by atoms with Gasteiger partial charge in [0.15, 0.2) is 0 Å². The second-order valence-corrected chi connectivity index (χ2v) is 4.49. The van der Waals surface area contributed by atoms with E-state index in [0.29, 0.717) is 5.69 Å². The van der Waals surface area contributed by atoms with Gasteiger partial charge in [-0.25, -0.2) is 0 Å². The summed E-state index contributed by atoms with van der Waals surface area (Å²) in [6.07, 6.45) is 2.09. The Morgan fingerprint density at radius 3 is 3.00 bits per heavy atom. The lowest BCUT2D eigenvalue weighted by molar-refractivity contribution is -0.383. The minimum atomic E-state index is -0.444. The van der Waals surface area contributed by atoms with E-state index in [9.17, 15) is 10.1 Å². The highest BCUT2D eigenvalue weighted by Crippen LogP contribution is 2.32. The molecule has 1 heterocycles. The molecule has 1 saturated heterocycles. The van der Waals surface area contributed by atoms with Gasteiger partial charge < -0.3 is 10.6 Å². The predicted molar refractivity (Wildman–Crippen MR) is 67.6 cm³/mol. The van der Waals surface area contributed by atoms with Crippen molar-refractivity contribution in [1.29, 1.82) is 0 Å². The normalized spacial score (nSPS) is 19.9. The van der Waals surface area contributed by atoms with Crippen molar-refractivity contribution in [2.75, 3.05) is 18.4 Å². The van der Waals surface area contributed by atoms with Gasteiger partial charge in [0, 0.05) is 12.6 Å². The number of piperidine rings is 1. The van der Waals surface area contributed by atoms with E-state index in [-0.39, 0.29) is 16.8 Å². The number of hydrogen-bond donors (Lipinski definition) is 2. The monoisotopic (exact) mass is 255 g/mol. The zero-order valence-electron chi connectivity index (χ0n) is 9.28. The van der Waals surface area contributed by atoms with E-state index in [1.165, 1.54) is 6.07 Å². The molecule has 0 radical (unpaired) electrons. The SMILES string of the molecule is O=[N+]([O-])c1c(Cl)cccc1NC1CCCNC1. The molecule has 2 N–H and O–H groups in total. The molecule has 1 aliphatic rings. The van der Waals surface area contributed by atoms with Crippen LogP contribution < -0.4 is 10.6 Å². The summed E-state index contributed by atoms with van der Waals surface area (Å²) in [5.41, 5.74) is 0.455. The largest absolute Gasteiger partial charge is 0.375 e. The second-order valence-electron chi connectivity index (χ2n) is 4.08. The summed E-state index contributed by atoms with van der Waals surface area (Å²) in [4.78, 5) is 10.5. The minimum Gasteiger partial charge on any atom is -0.375 e. The molecule has 92 valence electrons. The van der Waals surface area contributed by atoms with Gasteiger partial charge in [0.2, 0.25) is 0 Å². The van der Waals surface area contributed by atoms with Crippen LogP contribution in [0.3, 0.4) is 0 Å². The summed E-state index contributed by atoms with van der Waals surface area (Å²) in [5.74, 6) is 0. The van der Waals surface area contributed by atoms with Gasteiger partial charge >= 0.3 is 5.69 Å². The van der Waals surface area contributed by atoms with Gasteiger partial charge in [-0.05, 0) is 31.5 Å². The molecule has 5 nitrogen and oxygen atoms in total. The molecule has 1 aliphatic heterocycles. The predicted octanol–water partition coefficient (Wildman–Crippen LogP) is 2.41. The van der Waals surface area contributed by atoms with E-state index in [1.54, 1.807) is 12.1 Å². The molecular formula is C11H14ClN3O2. The summed E-state index contributed by atoms with van der Waals surface area (Å²) >= 11 is 5.84. The number of nitro benzene ring substituents is 1. The molecule has 1 fully saturated rings. The highest BCUT2D eigenvalue weighted by Gasteiger charge is 2.21. The zero-order valence-corrected chi connectivity index (χ0v) is 10.0. The highest BCUT2D eigenvalue weighted by atomic mass is 35.5. The topological polar surface area (TPSA) is 67.2 Å². The van der Waals surface area contributed by atoms with E-state index in [1.807, 2.05) is 0 Å². The Morgan fingerprint density at radius 2 is 2.35 bits per heavy atom. The first kappa shape index (κ1) is 12.1. The van der Waals surface area contributed by atoms with Crippen molar-refractivity contribution < 1.29 is 4.92 Å². The summed E-state index contributed by atoms with van der Waals surface area (Å²) < 4.78 is 0. The van der Waals surface area contributed by atoms with E-state index in [4.69, 9.17) is 11.6 Å². The summed E-state index contributed by atoms with van der Waals surface area (Å²) in [6, 6.07) is 5.16. The number of benzene rings is 1. The molecule has 1 aromatic rings. The van der Waals surface area contributed by atoms with Gasteiger partial charge in [0.25, 0.3) is 0 Å². The minimum absolute atomic E-state index is 0.0419. The van der Waals surface area contributed by atoms with Gasteiger partial charge in [-0.3, -0.25) is 10.1 Å². The lowest BCUT2D eigenvalue weighted by Crippen LogP contribution is -2.38. The maximum absolute atomic E-state index is 10.9. The Bertz CT molecular complexity index is 419. The van der Waals surface area contributed by atoms with Crippen LogP contribution in [0.4, 0.5) is 11.4 Å². The number of halogens is 1. The first-order valence-corrected chi connectivity index (χ1v) is 5.96. The van der Waals surface area contributed by atoms with Crippen molar-refractivity contribution in [2.45, 2.75) is 18.9 Å². The molecule has 0 aromatic heterocycles. The molecule has 0 bridgehead atoms. The molecule has 1 aromatic carbocycles. The molecule has 0 aliphatic carbocycles. The highest BCUT2D eigenvalue weighted by molar-refractivity contribution is 6.33. The number of nitro groups is 1. The number of hydrogen-bond acceptors (Lipinski definition) is 4. The average Bonchev–Trinajstić information content (AvgIpc) is 2.30. The fraction of sp³-hybridized carbons (Fsp3) is 0.455. The Labute approximate surface area is 104 Å². The van der Waals surface area contributed by atoms with Gasteiger partial charge in [-0.15, -0.1) is 0 Å². The quantitative estimate of drug-likeness (QED) is 0.643. The maximum Gasteiger partial charge on any atom is 0.310 e. The third-order valence-electron chi connectivity index (χ3n) is 2.83. The van der Waals surface area contributed by atoms with Gasteiger partial charge in [0.05, 0.1) is 4.92 Å². The number of para-hydroxylation sites is 1. The van der Waals surface area contributed by atoms with Crippen molar-refractivity contribution in [3.63, 3.8) is 0 Å². The molecule has 0 saturated carbocycles. The van der Waals surface area contributed by atoms with Gasteiger partial charge in [-0.2, -0.15) is 0 Å². The van der Waals surface area contributed by atoms with Crippen LogP contribution in [0.1, 0.15) is 12.8 Å². The summed E-state index contributed by atoms with van der Waals surface area (Å²) in [7, 11) is 0. The van der Waals surface area contributed by atoms with Crippen molar-refractivity contribution >= 4 is 23.0 Å². The Balaban J connectivity index is 2.19. The van der Waals surface area contributed by atoms with Crippen LogP contribution in [0.15, 0.2) is 18.2 Å². The van der Waals surface area contributed by atoms with Crippen LogP contribution in [-0.2, 0) is 0 Å². The van der Waals surface area contributed by atoms with Gasteiger partial charge in [0.1, 0.15) is 10.7 Å². The zero-order chi connectivity index (χ0) is 12.3. The van der Waals surface area contributed by atoms with Crippen molar-refractivity contribution in [1.82, 2.24) is 5.32 Å². The Hall–Kier alpha value is -1.33. The molecule has 0 amide bonds. The number of rotatable bonds is 3. The third kappa shape index (κ3) is 2.87. The van der Waals surface area contributed by atoms with Crippen LogP contribution in [-0.4, -0.2) is 24.1 Å². The van der Waals surface area contributed by atoms with Crippen LogP contribution in [0.25, 0.3) is 0 Å². The van der Waals surface area contributed by atoms with Crippen LogP contribution >= 0.6 is 11.6 Å². The molecular weight excluding hydrogens is 242 g/mol. The average molecular weight is 256 g/mol. The molecule has 6 heteroatoms. The van der Waals surface area contributed by atoms with E-state index in [2.05, 4.69) is 10.6 Å². The standard InChI is InChI=1S/C11H14ClN3O2/c12-9-4-1-5-10(11(9)15(16)17)14-8-3-2-6-13-7-8/h1,4-5,8,13-14H,2-3,6-7H2. The van der Waals surface area contributed by atoms with Crippen molar-refractivity contribution in [2.24, 2.45) is 0 Å². The maximum atomic E-state index is 10.9. The first-order valence-electron chi connectivity index (χ1n) is 5.58. The fourth-order valence-electron chi connectivity index (χ4n) is 2.01. The molecule has 1 unspecified atom stereocenters. The van der Waals surface area contributed by atoms with Crippen LogP contribution in [0, 0.1) is 10.1 Å². The number of nitrogens with zero attached hydrogens (tertiary/aromatic N) is 1. The Kier molecular flexibility index (Phi) is 3.81. The Morgan fingerprint density at radius 1 is 1.53 bits per heavy atom. The molecule has 2 rings (SSSR count). The van der Waals surface area contributed by atoms with E-state index >= 15 is 0 Å². The van der Waals surface area contributed by atoms with E-state index in [0.717, 1.165) is 25.9 Å². The van der Waals surface area contributed by atoms with Crippen LogP contribution in [0.5, 0.6) is 0 Å². The van der Waals surface area contributed by atoms with Crippen LogP contribution in [0.2, 0.25) is 5.02 Å².